The van der Waals surface area contributed by atoms with Crippen molar-refractivity contribution in [1.29, 1.82) is 0 Å². The first-order valence-corrected chi connectivity index (χ1v) is 6.81. The van der Waals surface area contributed by atoms with Gasteiger partial charge in [-0.05, 0) is 17.7 Å². The first-order valence-electron chi connectivity index (χ1n) is 6.43. The van der Waals surface area contributed by atoms with E-state index in [0.29, 0.717) is 19.7 Å². The summed E-state index contributed by atoms with van der Waals surface area (Å²) >= 11 is 5.77. The van der Waals surface area contributed by atoms with Gasteiger partial charge in [-0.25, -0.2) is 4.39 Å². The van der Waals surface area contributed by atoms with E-state index < -0.39 is 5.82 Å². The number of morpholine rings is 1. The third-order valence-electron chi connectivity index (χ3n) is 3.24. The predicted octanol–water partition coefficient (Wildman–Crippen LogP) is 2.24. The average Bonchev–Trinajstić information content (AvgIpc) is 2.43. The Balaban J connectivity index is 1.92. The van der Waals surface area contributed by atoms with Crippen molar-refractivity contribution in [2.75, 3.05) is 26.8 Å². The Morgan fingerprint density at radius 3 is 3.10 bits per heavy atom. The van der Waals surface area contributed by atoms with Crippen molar-refractivity contribution in [3.63, 3.8) is 0 Å². The number of rotatable bonds is 4. The smallest absolute Gasteiger partial charge is 0.308 e. The Kier molecular flexibility index (Phi) is 5.34. The molecule has 0 N–H and O–H groups in total. The summed E-state index contributed by atoms with van der Waals surface area (Å²) in [5, 5.41) is 0.127. The molecule has 1 aromatic carbocycles. The highest BCUT2D eigenvalue weighted by Gasteiger charge is 2.23. The molecule has 1 heterocycles. The number of nitrogens with zero attached hydrogens (tertiary/aromatic N) is 1. The van der Waals surface area contributed by atoms with E-state index in [1.807, 2.05) is 0 Å². The maximum Gasteiger partial charge on any atom is 0.308 e. The highest BCUT2D eigenvalue weighted by atomic mass is 35.5. The van der Waals surface area contributed by atoms with Gasteiger partial charge in [-0.2, -0.15) is 0 Å². The predicted molar refractivity (Wildman–Crippen MR) is 73.1 cm³/mol. The minimum Gasteiger partial charge on any atom is -0.469 e. The van der Waals surface area contributed by atoms with Crippen LogP contribution in [0.1, 0.15) is 12.0 Å². The molecule has 6 heteroatoms. The number of carbonyl (C=O) groups is 1. The molecule has 0 bridgehead atoms. The molecule has 1 aromatic rings. The summed E-state index contributed by atoms with van der Waals surface area (Å²) < 4.78 is 23.3. The lowest BCUT2D eigenvalue weighted by atomic mass is 10.1. The van der Waals surface area contributed by atoms with Gasteiger partial charge in [0.05, 0.1) is 31.3 Å². The molecule has 0 saturated carbocycles. The summed E-state index contributed by atoms with van der Waals surface area (Å²) in [4.78, 5) is 13.4. The second kappa shape index (κ2) is 7.02. The number of methoxy groups -OCH3 is 1. The minimum absolute atomic E-state index is 0.127. The first-order chi connectivity index (χ1) is 9.58. The van der Waals surface area contributed by atoms with E-state index in [4.69, 9.17) is 16.3 Å². The van der Waals surface area contributed by atoms with E-state index in [-0.39, 0.29) is 23.5 Å². The summed E-state index contributed by atoms with van der Waals surface area (Å²) in [7, 11) is 1.36. The summed E-state index contributed by atoms with van der Waals surface area (Å²) in [6.45, 7) is 2.63. The summed E-state index contributed by atoms with van der Waals surface area (Å²) in [5.74, 6) is -0.692. The van der Waals surface area contributed by atoms with Crippen LogP contribution in [0, 0.1) is 5.82 Å². The lowest BCUT2D eigenvalue weighted by Crippen LogP contribution is -2.42. The number of hydrogen-bond acceptors (Lipinski definition) is 4. The highest BCUT2D eigenvalue weighted by Crippen LogP contribution is 2.18. The van der Waals surface area contributed by atoms with Crippen molar-refractivity contribution >= 4 is 17.6 Å². The maximum absolute atomic E-state index is 13.1. The largest absolute Gasteiger partial charge is 0.469 e. The van der Waals surface area contributed by atoms with E-state index in [0.717, 1.165) is 12.1 Å². The molecular formula is C14H17ClFNO3. The van der Waals surface area contributed by atoms with Crippen LogP contribution in [0.15, 0.2) is 18.2 Å². The second-order valence-electron chi connectivity index (χ2n) is 4.76. The Morgan fingerprint density at radius 2 is 2.40 bits per heavy atom. The van der Waals surface area contributed by atoms with Crippen LogP contribution in [-0.4, -0.2) is 43.8 Å². The Hall–Kier alpha value is -1.17. The fourth-order valence-electron chi connectivity index (χ4n) is 2.21. The lowest BCUT2D eigenvalue weighted by Gasteiger charge is -2.32. The van der Waals surface area contributed by atoms with Gasteiger partial charge in [0.25, 0.3) is 0 Å². The zero-order chi connectivity index (χ0) is 14.5. The van der Waals surface area contributed by atoms with Crippen molar-refractivity contribution in [2.24, 2.45) is 0 Å². The van der Waals surface area contributed by atoms with Gasteiger partial charge >= 0.3 is 5.97 Å². The van der Waals surface area contributed by atoms with Gasteiger partial charge in [0.1, 0.15) is 5.82 Å². The van der Waals surface area contributed by atoms with Gasteiger partial charge in [-0.1, -0.05) is 17.7 Å². The molecule has 1 unspecified atom stereocenters. The summed E-state index contributed by atoms with van der Waals surface area (Å²) in [6, 6.07) is 4.71. The van der Waals surface area contributed by atoms with Crippen LogP contribution in [0.25, 0.3) is 0 Å². The molecule has 4 nitrogen and oxygen atoms in total. The SMILES string of the molecule is COC(=O)CC1CN(Cc2ccc(F)c(Cl)c2)CCO1. The standard InChI is InChI=1S/C14H17ClFNO3/c1-19-14(18)7-11-9-17(4-5-20-11)8-10-2-3-13(16)12(15)6-10/h2-3,6,11H,4-5,7-9H2,1H3. The molecule has 0 radical (unpaired) electrons. The number of carbonyl (C=O) groups excluding carboxylic acids is 1. The minimum atomic E-state index is -0.416. The van der Waals surface area contributed by atoms with Crippen molar-refractivity contribution < 1.29 is 18.7 Å². The molecule has 1 aliphatic rings. The van der Waals surface area contributed by atoms with E-state index >= 15 is 0 Å². The van der Waals surface area contributed by atoms with Gasteiger partial charge in [0.15, 0.2) is 0 Å². The van der Waals surface area contributed by atoms with E-state index in [1.54, 1.807) is 12.1 Å². The molecule has 1 saturated heterocycles. The maximum atomic E-state index is 13.1. The molecule has 0 aliphatic carbocycles. The lowest BCUT2D eigenvalue weighted by molar-refractivity contribution is -0.145. The van der Waals surface area contributed by atoms with Gasteiger partial charge < -0.3 is 9.47 Å². The normalized spacial score (nSPS) is 19.9. The molecule has 1 fully saturated rings. The van der Waals surface area contributed by atoms with Crippen LogP contribution in [-0.2, 0) is 20.8 Å². The molecule has 20 heavy (non-hydrogen) atoms. The Morgan fingerprint density at radius 1 is 1.60 bits per heavy atom. The van der Waals surface area contributed by atoms with Gasteiger partial charge in [-0.3, -0.25) is 9.69 Å². The van der Waals surface area contributed by atoms with Crippen LogP contribution in [0.5, 0.6) is 0 Å². The molecule has 110 valence electrons. The number of halogens is 2. The van der Waals surface area contributed by atoms with E-state index in [2.05, 4.69) is 9.64 Å². The zero-order valence-corrected chi connectivity index (χ0v) is 12.0. The fourth-order valence-corrected chi connectivity index (χ4v) is 2.42. The summed E-state index contributed by atoms with van der Waals surface area (Å²) in [5.41, 5.74) is 0.940. The van der Waals surface area contributed by atoms with Gasteiger partial charge in [-0.15, -0.1) is 0 Å². The van der Waals surface area contributed by atoms with Gasteiger partial charge in [0.2, 0.25) is 0 Å². The quantitative estimate of drug-likeness (QED) is 0.800. The number of esters is 1. The molecule has 1 atom stereocenters. The third-order valence-corrected chi connectivity index (χ3v) is 3.52. The molecule has 0 aromatic heterocycles. The molecule has 2 rings (SSSR count). The Bertz CT molecular complexity index is 483. The molecule has 0 spiro atoms. The van der Waals surface area contributed by atoms with Crippen LogP contribution < -0.4 is 0 Å². The molecule has 0 amide bonds. The summed E-state index contributed by atoms with van der Waals surface area (Å²) in [6.07, 6.45) is 0.0871. The topological polar surface area (TPSA) is 38.8 Å². The Labute approximate surface area is 122 Å². The van der Waals surface area contributed by atoms with Crippen LogP contribution in [0.3, 0.4) is 0 Å². The number of ether oxygens (including phenoxy) is 2. The van der Waals surface area contributed by atoms with Crippen LogP contribution in [0.2, 0.25) is 5.02 Å². The van der Waals surface area contributed by atoms with E-state index in [9.17, 15) is 9.18 Å². The average molecular weight is 302 g/mol. The first kappa shape index (κ1) is 15.2. The number of hydrogen-bond donors (Lipinski definition) is 0. The zero-order valence-electron chi connectivity index (χ0n) is 11.3. The van der Waals surface area contributed by atoms with Crippen molar-refractivity contribution in [2.45, 2.75) is 19.1 Å². The monoisotopic (exact) mass is 301 g/mol. The number of benzene rings is 1. The van der Waals surface area contributed by atoms with E-state index in [1.165, 1.54) is 13.2 Å². The van der Waals surface area contributed by atoms with Crippen LogP contribution in [0.4, 0.5) is 4.39 Å². The van der Waals surface area contributed by atoms with Crippen LogP contribution >= 0.6 is 11.6 Å². The second-order valence-corrected chi connectivity index (χ2v) is 5.16. The molecular weight excluding hydrogens is 285 g/mol. The van der Waals surface area contributed by atoms with Crippen molar-refractivity contribution in [3.05, 3.63) is 34.6 Å². The highest BCUT2D eigenvalue weighted by molar-refractivity contribution is 6.30. The van der Waals surface area contributed by atoms with Crippen molar-refractivity contribution in [3.8, 4) is 0 Å². The van der Waals surface area contributed by atoms with Crippen molar-refractivity contribution in [1.82, 2.24) is 4.90 Å². The molecule has 1 aliphatic heterocycles. The third kappa shape index (κ3) is 4.16. The fraction of sp³-hybridized carbons (Fsp3) is 0.500. The van der Waals surface area contributed by atoms with Gasteiger partial charge in [0, 0.05) is 19.6 Å².